The molecule has 1 amide bonds. The lowest BCUT2D eigenvalue weighted by atomic mass is 10.2. The van der Waals surface area contributed by atoms with Crippen molar-refractivity contribution in [3.63, 3.8) is 0 Å². The first kappa shape index (κ1) is 15.8. The molecule has 0 radical (unpaired) electrons. The van der Waals surface area contributed by atoms with E-state index in [4.69, 9.17) is 0 Å². The highest BCUT2D eigenvalue weighted by Gasteiger charge is 2.06. The molecule has 2 aromatic rings. The summed E-state index contributed by atoms with van der Waals surface area (Å²) in [7, 11) is 0. The van der Waals surface area contributed by atoms with Crippen LogP contribution < -0.4 is 22.4 Å². The van der Waals surface area contributed by atoms with Crippen LogP contribution in [0.25, 0.3) is 0 Å². The van der Waals surface area contributed by atoms with Gasteiger partial charge in [0.2, 0.25) is 6.54 Å². The lowest BCUT2D eigenvalue weighted by molar-refractivity contribution is -0.684. The Balaban J connectivity index is 0.00000200. The van der Waals surface area contributed by atoms with Crippen molar-refractivity contribution in [1.82, 2.24) is 5.43 Å². The second-order valence-electron chi connectivity index (χ2n) is 3.90. The first-order valence-electron chi connectivity index (χ1n) is 5.75. The maximum Gasteiger partial charge on any atom is 0.305 e. The molecule has 1 aromatic carbocycles. The maximum atomic E-state index is 12.9. The second kappa shape index (κ2) is 8.01. The van der Waals surface area contributed by atoms with E-state index < -0.39 is 0 Å². The number of rotatable bonds is 4. The van der Waals surface area contributed by atoms with Gasteiger partial charge in [-0.3, -0.25) is 4.79 Å². The molecule has 0 atom stereocenters. The Bertz CT molecular complexity index is 590. The van der Waals surface area contributed by atoms with Crippen LogP contribution >= 0.6 is 0 Å². The smallest absolute Gasteiger partial charge is 0.305 e. The number of halogens is 2. The summed E-state index contributed by atoms with van der Waals surface area (Å²) < 4.78 is 14.6. The molecule has 0 spiro atoms. The van der Waals surface area contributed by atoms with E-state index in [0.717, 1.165) is 0 Å². The van der Waals surface area contributed by atoms with Crippen molar-refractivity contribution in [3.05, 3.63) is 66.2 Å². The standard InChI is InChI=1S/C14H12FN3O.ClH/c15-13-6-4-5-12(9-13)10-16-17-14(19)11-18-7-2-1-3-8-18;/h1-10H,11H2;1H. The van der Waals surface area contributed by atoms with Crippen LogP contribution in [-0.2, 0) is 11.3 Å². The van der Waals surface area contributed by atoms with E-state index in [1.54, 1.807) is 29.1 Å². The van der Waals surface area contributed by atoms with Crippen molar-refractivity contribution in [2.45, 2.75) is 6.54 Å². The van der Waals surface area contributed by atoms with Gasteiger partial charge in [0.15, 0.2) is 12.4 Å². The molecule has 1 heterocycles. The number of hydrazone groups is 1. The number of carbonyl (C=O) groups is 1. The third-order valence-electron chi connectivity index (χ3n) is 2.36. The number of hydrogen-bond donors (Lipinski definition) is 1. The molecule has 1 N–H and O–H groups in total. The lowest BCUT2D eigenvalue weighted by Gasteiger charge is -1.96. The van der Waals surface area contributed by atoms with Gasteiger partial charge in [0.1, 0.15) is 5.82 Å². The minimum Gasteiger partial charge on any atom is -1.00 e. The molecule has 0 aliphatic carbocycles. The highest BCUT2D eigenvalue weighted by atomic mass is 35.5. The summed E-state index contributed by atoms with van der Waals surface area (Å²) in [6, 6.07) is 11.5. The van der Waals surface area contributed by atoms with Gasteiger partial charge < -0.3 is 12.4 Å². The van der Waals surface area contributed by atoms with Gasteiger partial charge in [-0.2, -0.15) is 9.67 Å². The SMILES string of the molecule is O=C(C[n+]1ccccc1)NN=Cc1cccc(F)c1.[Cl-]. The van der Waals surface area contributed by atoms with Crippen molar-refractivity contribution in [3.8, 4) is 0 Å². The highest BCUT2D eigenvalue weighted by Crippen LogP contribution is 1.99. The Morgan fingerprint density at radius 2 is 2.00 bits per heavy atom. The van der Waals surface area contributed by atoms with E-state index in [-0.39, 0.29) is 30.7 Å². The van der Waals surface area contributed by atoms with Gasteiger partial charge in [-0.1, -0.05) is 18.2 Å². The average molecular weight is 294 g/mol. The molecule has 20 heavy (non-hydrogen) atoms. The molecule has 0 unspecified atom stereocenters. The molecule has 1 aromatic heterocycles. The normalized spacial score (nSPS) is 10.1. The molecule has 0 aliphatic rings. The molecule has 0 saturated carbocycles. The van der Waals surface area contributed by atoms with Crippen LogP contribution in [0.3, 0.4) is 0 Å². The maximum absolute atomic E-state index is 12.9. The molecule has 0 bridgehead atoms. The number of nitrogens with one attached hydrogen (secondary N) is 1. The average Bonchev–Trinajstić information content (AvgIpc) is 2.40. The first-order valence-corrected chi connectivity index (χ1v) is 5.75. The number of aromatic nitrogens is 1. The monoisotopic (exact) mass is 293 g/mol. The van der Waals surface area contributed by atoms with Crippen LogP contribution in [0.5, 0.6) is 0 Å². The van der Waals surface area contributed by atoms with E-state index in [9.17, 15) is 9.18 Å². The fraction of sp³-hybridized carbons (Fsp3) is 0.0714. The van der Waals surface area contributed by atoms with Crippen LogP contribution in [0.4, 0.5) is 4.39 Å². The van der Waals surface area contributed by atoms with E-state index in [2.05, 4.69) is 10.5 Å². The Kier molecular flexibility index (Phi) is 6.32. The van der Waals surface area contributed by atoms with Gasteiger partial charge in [0.05, 0.1) is 6.21 Å². The van der Waals surface area contributed by atoms with Gasteiger partial charge in [-0.15, -0.1) is 0 Å². The third-order valence-corrected chi connectivity index (χ3v) is 2.36. The number of pyridine rings is 1. The van der Waals surface area contributed by atoms with Gasteiger partial charge in [-0.05, 0) is 17.7 Å². The molecule has 2 rings (SSSR count). The van der Waals surface area contributed by atoms with Crippen LogP contribution in [0.2, 0.25) is 0 Å². The summed E-state index contributed by atoms with van der Waals surface area (Å²) in [5.74, 6) is -0.584. The van der Waals surface area contributed by atoms with Crippen LogP contribution in [0.1, 0.15) is 5.56 Å². The Morgan fingerprint density at radius 1 is 1.25 bits per heavy atom. The number of hydrogen-bond acceptors (Lipinski definition) is 2. The van der Waals surface area contributed by atoms with E-state index >= 15 is 0 Å². The Labute approximate surface area is 122 Å². The Morgan fingerprint density at radius 3 is 2.70 bits per heavy atom. The van der Waals surface area contributed by atoms with Crippen LogP contribution in [0, 0.1) is 5.82 Å². The summed E-state index contributed by atoms with van der Waals surface area (Å²) in [5, 5.41) is 3.77. The van der Waals surface area contributed by atoms with E-state index in [1.807, 2.05) is 18.2 Å². The number of nitrogens with zero attached hydrogens (tertiary/aromatic N) is 2. The number of carbonyl (C=O) groups excluding carboxylic acids is 1. The zero-order chi connectivity index (χ0) is 13.5. The van der Waals surface area contributed by atoms with Crippen LogP contribution in [0.15, 0.2) is 60.0 Å². The molecular weight excluding hydrogens is 281 g/mol. The van der Waals surface area contributed by atoms with E-state index in [1.165, 1.54) is 18.3 Å². The molecule has 6 heteroatoms. The summed E-state index contributed by atoms with van der Waals surface area (Å²) >= 11 is 0. The fourth-order valence-electron chi connectivity index (χ4n) is 1.51. The number of amides is 1. The Hall–Kier alpha value is -2.27. The van der Waals surface area contributed by atoms with Crippen molar-refractivity contribution in [2.75, 3.05) is 0 Å². The summed E-state index contributed by atoms with van der Waals surface area (Å²) in [6.07, 6.45) is 4.97. The van der Waals surface area contributed by atoms with Gasteiger partial charge in [-0.25, -0.2) is 9.82 Å². The van der Waals surface area contributed by atoms with Gasteiger partial charge in [0.25, 0.3) is 0 Å². The molecule has 4 nitrogen and oxygen atoms in total. The summed E-state index contributed by atoms with van der Waals surface area (Å²) in [4.78, 5) is 11.5. The summed E-state index contributed by atoms with van der Waals surface area (Å²) in [6.45, 7) is 0.182. The fourth-order valence-corrected chi connectivity index (χ4v) is 1.51. The zero-order valence-corrected chi connectivity index (χ0v) is 11.3. The second-order valence-corrected chi connectivity index (χ2v) is 3.90. The number of benzene rings is 1. The van der Waals surface area contributed by atoms with Gasteiger partial charge in [0, 0.05) is 12.1 Å². The minimum atomic E-state index is -0.338. The predicted molar refractivity (Wildman–Crippen MR) is 68.8 cm³/mol. The van der Waals surface area contributed by atoms with Crippen molar-refractivity contribution in [1.29, 1.82) is 0 Å². The predicted octanol–water partition coefficient (Wildman–Crippen LogP) is -1.73. The third kappa shape index (κ3) is 5.16. The topological polar surface area (TPSA) is 45.3 Å². The minimum absolute atomic E-state index is 0. The highest BCUT2D eigenvalue weighted by molar-refractivity contribution is 5.81. The van der Waals surface area contributed by atoms with Crippen LogP contribution in [-0.4, -0.2) is 12.1 Å². The first-order chi connectivity index (χ1) is 9.24. The van der Waals surface area contributed by atoms with Crippen molar-refractivity contribution < 1.29 is 26.2 Å². The molecule has 0 fully saturated rings. The molecular formula is C14H13ClFN3O. The van der Waals surface area contributed by atoms with Crippen molar-refractivity contribution in [2.24, 2.45) is 5.10 Å². The van der Waals surface area contributed by atoms with E-state index in [0.29, 0.717) is 5.56 Å². The molecule has 0 saturated heterocycles. The van der Waals surface area contributed by atoms with Gasteiger partial charge >= 0.3 is 5.91 Å². The largest absolute Gasteiger partial charge is 1.00 e. The lowest BCUT2D eigenvalue weighted by Crippen LogP contribution is -3.00. The quantitative estimate of drug-likeness (QED) is 0.406. The summed E-state index contributed by atoms with van der Waals surface area (Å²) in [5.41, 5.74) is 2.98. The zero-order valence-electron chi connectivity index (χ0n) is 10.5. The van der Waals surface area contributed by atoms with Crippen molar-refractivity contribution >= 4 is 12.1 Å². The molecule has 0 aliphatic heterocycles. The molecule has 104 valence electrons.